The lowest BCUT2D eigenvalue weighted by Crippen LogP contribution is -2.40. The second-order valence-electron chi connectivity index (χ2n) is 8.39. The molecule has 0 fully saturated rings. The number of nitrogens with one attached hydrogen (secondary N) is 1. The van der Waals surface area contributed by atoms with Gasteiger partial charge in [0, 0.05) is 28.9 Å². The van der Waals surface area contributed by atoms with Gasteiger partial charge in [-0.25, -0.2) is 4.98 Å². The van der Waals surface area contributed by atoms with E-state index in [1.807, 2.05) is 32.0 Å². The first-order valence-electron chi connectivity index (χ1n) is 11.4. The molecule has 0 saturated heterocycles. The Morgan fingerprint density at radius 3 is 2.50 bits per heavy atom. The van der Waals surface area contributed by atoms with Crippen LogP contribution in [0.4, 0.5) is 0 Å². The van der Waals surface area contributed by atoms with Gasteiger partial charge in [0.1, 0.15) is 5.82 Å². The molecule has 1 unspecified atom stereocenters. The third-order valence-electron chi connectivity index (χ3n) is 6.29. The quantitative estimate of drug-likeness (QED) is 0.390. The Kier molecular flexibility index (Phi) is 8.07. The fourth-order valence-corrected chi connectivity index (χ4v) is 4.87. The summed E-state index contributed by atoms with van der Waals surface area (Å²) in [5.41, 5.74) is 2.34. The van der Waals surface area contributed by atoms with Crippen molar-refractivity contribution in [3.8, 4) is 0 Å². The number of aliphatic carboxylic acids is 1. The number of aromatic nitrogens is 2. The van der Waals surface area contributed by atoms with E-state index in [2.05, 4.69) is 41.2 Å². The van der Waals surface area contributed by atoms with Gasteiger partial charge in [0.25, 0.3) is 5.91 Å². The van der Waals surface area contributed by atoms with E-state index in [0.717, 1.165) is 42.5 Å². The van der Waals surface area contributed by atoms with Crippen molar-refractivity contribution in [1.82, 2.24) is 14.9 Å². The molecule has 0 spiro atoms. The second kappa shape index (κ2) is 10.8. The lowest BCUT2D eigenvalue weighted by atomic mass is 9.96. The summed E-state index contributed by atoms with van der Waals surface area (Å²) in [4.78, 5) is 30.4. The second-order valence-corrected chi connectivity index (χ2v) is 9.42. The van der Waals surface area contributed by atoms with E-state index in [0.29, 0.717) is 11.6 Å². The Morgan fingerprint density at radius 1 is 1.16 bits per heavy atom. The maximum atomic E-state index is 13.0. The molecule has 2 N–H and O–H groups in total. The Bertz CT molecular complexity index is 1050. The summed E-state index contributed by atoms with van der Waals surface area (Å²) in [6.45, 7) is 8.34. The first-order chi connectivity index (χ1) is 15.4. The first kappa shape index (κ1) is 24.0. The Hall–Kier alpha value is -2.67. The SMILES string of the molecule is CCC(CC)n1c(Cc2cccs2)nc2cc(C(=O)NC(CC(=O)O)[C@@H](C)CC)ccc21. The van der Waals surface area contributed by atoms with Crippen LogP contribution in [0.5, 0.6) is 0 Å². The van der Waals surface area contributed by atoms with Crippen LogP contribution in [0, 0.1) is 5.92 Å². The predicted octanol–water partition coefficient (Wildman–Crippen LogP) is 5.67. The largest absolute Gasteiger partial charge is 0.481 e. The number of amides is 1. The van der Waals surface area contributed by atoms with Gasteiger partial charge >= 0.3 is 5.97 Å². The monoisotopic (exact) mass is 455 g/mol. The van der Waals surface area contributed by atoms with Gasteiger partial charge in [-0.2, -0.15) is 0 Å². The maximum absolute atomic E-state index is 13.0. The standard InChI is InChI=1S/C25H33N3O3S/c1-5-16(4)20(15-24(29)30)27-25(31)17-10-11-22-21(13-17)26-23(14-19-9-8-12-32-19)28(22)18(6-2)7-3/h8-13,16,18,20H,5-7,14-15H2,1-4H3,(H,27,31)(H,29,30)/t16-,20?/m0/s1. The maximum Gasteiger partial charge on any atom is 0.305 e. The van der Waals surface area contributed by atoms with Crippen molar-refractivity contribution in [2.24, 2.45) is 5.92 Å². The average Bonchev–Trinajstić information content (AvgIpc) is 3.41. The van der Waals surface area contributed by atoms with E-state index in [4.69, 9.17) is 4.98 Å². The molecule has 172 valence electrons. The number of fused-ring (bicyclic) bond motifs is 1. The molecule has 2 heterocycles. The van der Waals surface area contributed by atoms with E-state index < -0.39 is 12.0 Å². The van der Waals surface area contributed by atoms with E-state index in [9.17, 15) is 14.7 Å². The molecule has 3 aromatic rings. The summed E-state index contributed by atoms with van der Waals surface area (Å²) in [5.74, 6) is -0.0779. The molecule has 32 heavy (non-hydrogen) atoms. The van der Waals surface area contributed by atoms with Crippen LogP contribution in [0.2, 0.25) is 0 Å². The summed E-state index contributed by atoms with van der Waals surface area (Å²) >= 11 is 1.72. The average molecular weight is 456 g/mol. The minimum Gasteiger partial charge on any atom is -0.481 e. The zero-order chi connectivity index (χ0) is 23.3. The number of rotatable bonds is 11. The molecule has 3 rings (SSSR count). The van der Waals surface area contributed by atoms with Crippen LogP contribution in [0.25, 0.3) is 11.0 Å². The molecule has 1 amide bonds. The van der Waals surface area contributed by atoms with Crippen LogP contribution in [0.3, 0.4) is 0 Å². The van der Waals surface area contributed by atoms with Crippen molar-refractivity contribution in [2.45, 2.75) is 71.9 Å². The van der Waals surface area contributed by atoms with Crippen molar-refractivity contribution < 1.29 is 14.7 Å². The number of hydrogen-bond donors (Lipinski definition) is 2. The minimum atomic E-state index is -0.909. The summed E-state index contributed by atoms with van der Waals surface area (Å²) in [6, 6.07) is 9.74. The van der Waals surface area contributed by atoms with Crippen LogP contribution in [-0.4, -0.2) is 32.6 Å². The van der Waals surface area contributed by atoms with Crippen molar-refractivity contribution in [1.29, 1.82) is 0 Å². The fraction of sp³-hybridized carbons (Fsp3) is 0.480. The smallest absolute Gasteiger partial charge is 0.305 e. The van der Waals surface area contributed by atoms with E-state index in [1.54, 1.807) is 11.3 Å². The molecule has 6 nitrogen and oxygen atoms in total. The molecule has 0 aliphatic heterocycles. The van der Waals surface area contributed by atoms with Crippen LogP contribution in [-0.2, 0) is 11.2 Å². The van der Waals surface area contributed by atoms with Gasteiger partial charge < -0.3 is 15.0 Å². The Morgan fingerprint density at radius 2 is 1.91 bits per heavy atom. The van der Waals surface area contributed by atoms with Gasteiger partial charge in [0.05, 0.1) is 17.5 Å². The molecule has 0 bridgehead atoms. The van der Waals surface area contributed by atoms with Gasteiger partial charge in [-0.15, -0.1) is 11.3 Å². The number of carboxylic acid groups (broad SMARTS) is 1. The number of imidazole rings is 1. The Labute approximate surface area is 193 Å². The highest BCUT2D eigenvalue weighted by Crippen LogP contribution is 2.28. The number of benzene rings is 1. The molecule has 2 atom stereocenters. The highest BCUT2D eigenvalue weighted by molar-refractivity contribution is 7.09. The lowest BCUT2D eigenvalue weighted by molar-refractivity contribution is -0.137. The summed E-state index contributed by atoms with van der Waals surface area (Å²) in [7, 11) is 0. The highest BCUT2D eigenvalue weighted by Gasteiger charge is 2.23. The zero-order valence-electron chi connectivity index (χ0n) is 19.3. The fourth-order valence-electron chi connectivity index (χ4n) is 4.16. The molecule has 0 radical (unpaired) electrons. The number of thiophene rings is 1. The van der Waals surface area contributed by atoms with E-state index >= 15 is 0 Å². The molecular weight excluding hydrogens is 422 g/mol. The predicted molar refractivity (Wildman–Crippen MR) is 129 cm³/mol. The van der Waals surface area contributed by atoms with Crippen molar-refractivity contribution in [3.05, 3.63) is 52.0 Å². The van der Waals surface area contributed by atoms with Crippen LogP contribution >= 0.6 is 11.3 Å². The first-order valence-corrected chi connectivity index (χ1v) is 12.3. The van der Waals surface area contributed by atoms with Crippen molar-refractivity contribution >= 4 is 34.2 Å². The molecule has 0 saturated carbocycles. The van der Waals surface area contributed by atoms with Crippen molar-refractivity contribution in [3.63, 3.8) is 0 Å². The molecular formula is C25H33N3O3S. The van der Waals surface area contributed by atoms with Gasteiger partial charge in [0.2, 0.25) is 0 Å². The van der Waals surface area contributed by atoms with Crippen molar-refractivity contribution in [2.75, 3.05) is 0 Å². The van der Waals surface area contributed by atoms with Crippen LogP contribution < -0.4 is 5.32 Å². The lowest BCUT2D eigenvalue weighted by Gasteiger charge is -2.23. The molecule has 2 aromatic heterocycles. The molecule has 0 aliphatic carbocycles. The van der Waals surface area contributed by atoms with Gasteiger partial charge in [-0.1, -0.05) is 40.2 Å². The normalized spacial score (nSPS) is 13.4. The summed E-state index contributed by atoms with van der Waals surface area (Å²) in [5, 5.41) is 14.2. The van der Waals surface area contributed by atoms with Gasteiger partial charge in [-0.3, -0.25) is 9.59 Å². The topological polar surface area (TPSA) is 84.2 Å². The molecule has 0 aliphatic rings. The van der Waals surface area contributed by atoms with E-state index in [1.165, 1.54) is 4.88 Å². The van der Waals surface area contributed by atoms with Gasteiger partial charge in [-0.05, 0) is 48.4 Å². The molecule has 1 aromatic carbocycles. The van der Waals surface area contributed by atoms with E-state index in [-0.39, 0.29) is 18.2 Å². The zero-order valence-corrected chi connectivity index (χ0v) is 20.1. The minimum absolute atomic E-state index is 0.0743. The van der Waals surface area contributed by atoms with Gasteiger partial charge in [0.15, 0.2) is 0 Å². The number of carbonyl (C=O) groups excluding carboxylic acids is 1. The van der Waals surface area contributed by atoms with Crippen LogP contribution in [0.1, 0.15) is 80.5 Å². The highest BCUT2D eigenvalue weighted by atomic mass is 32.1. The summed E-state index contributed by atoms with van der Waals surface area (Å²) in [6.07, 6.45) is 3.49. The number of carbonyl (C=O) groups is 2. The third kappa shape index (κ3) is 5.38. The number of hydrogen-bond acceptors (Lipinski definition) is 4. The van der Waals surface area contributed by atoms with Crippen LogP contribution in [0.15, 0.2) is 35.7 Å². The number of carboxylic acids is 1. The molecule has 7 heteroatoms. The number of nitrogens with zero attached hydrogens (tertiary/aromatic N) is 2. The third-order valence-corrected chi connectivity index (χ3v) is 7.16. The Balaban J connectivity index is 1.95. The summed E-state index contributed by atoms with van der Waals surface area (Å²) < 4.78 is 2.32.